The number of carboxylic acid groups (broad SMARTS) is 1. The first-order valence-corrected chi connectivity index (χ1v) is 5.57. The maximum atomic E-state index is 12.4. The minimum absolute atomic E-state index is 0.0481. The SMILES string of the molecule is CCC(=CCOc1cccc(C(F)(F)F)c1)C(=O)O. The van der Waals surface area contributed by atoms with Crippen molar-refractivity contribution in [2.75, 3.05) is 6.61 Å². The molecular formula is C13H13F3O3. The highest BCUT2D eigenvalue weighted by atomic mass is 19.4. The van der Waals surface area contributed by atoms with Gasteiger partial charge in [0.1, 0.15) is 12.4 Å². The van der Waals surface area contributed by atoms with Crippen LogP contribution in [0.4, 0.5) is 13.2 Å². The smallest absolute Gasteiger partial charge is 0.416 e. The van der Waals surface area contributed by atoms with Crippen molar-refractivity contribution in [3.63, 3.8) is 0 Å². The predicted molar refractivity (Wildman–Crippen MR) is 62.9 cm³/mol. The second-order valence-corrected chi connectivity index (χ2v) is 3.72. The molecule has 6 heteroatoms. The summed E-state index contributed by atoms with van der Waals surface area (Å²) in [6.45, 7) is 1.58. The maximum absolute atomic E-state index is 12.4. The van der Waals surface area contributed by atoms with Crippen LogP contribution in [0, 0.1) is 0 Å². The molecule has 0 amide bonds. The maximum Gasteiger partial charge on any atom is 0.416 e. The molecule has 1 rings (SSSR count). The summed E-state index contributed by atoms with van der Waals surface area (Å²) in [5, 5.41) is 8.75. The number of alkyl halides is 3. The van der Waals surface area contributed by atoms with Crippen LogP contribution in [-0.4, -0.2) is 17.7 Å². The monoisotopic (exact) mass is 274 g/mol. The second-order valence-electron chi connectivity index (χ2n) is 3.72. The summed E-state index contributed by atoms with van der Waals surface area (Å²) in [6, 6.07) is 4.44. The van der Waals surface area contributed by atoms with Crippen molar-refractivity contribution in [1.29, 1.82) is 0 Å². The van der Waals surface area contributed by atoms with E-state index in [0.29, 0.717) is 6.42 Å². The largest absolute Gasteiger partial charge is 0.490 e. The highest BCUT2D eigenvalue weighted by molar-refractivity contribution is 5.86. The molecule has 1 aromatic rings. The summed E-state index contributed by atoms with van der Waals surface area (Å²) >= 11 is 0. The van der Waals surface area contributed by atoms with Gasteiger partial charge in [-0.25, -0.2) is 4.79 Å². The highest BCUT2D eigenvalue weighted by Crippen LogP contribution is 2.31. The third-order valence-corrected chi connectivity index (χ3v) is 2.40. The molecule has 0 bridgehead atoms. The molecule has 0 aliphatic heterocycles. The van der Waals surface area contributed by atoms with E-state index in [0.717, 1.165) is 12.1 Å². The molecule has 0 spiro atoms. The Balaban J connectivity index is 2.71. The third kappa shape index (κ3) is 4.65. The van der Waals surface area contributed by atoms with Gasteiger partial charge in [-0.05, 0) is 30.7 Å². The Morgan fingerprint density at radius 3 is 2.63 bits per heavy atom. The van der Waals surface area contributed by atoms with Gasteiger partial charge in [-0.3, -0.25) is 0 Å². The molecule has 0 unspecified atom stereocenters. The van der Waals surface area contributed by atoms with E-state index in [9.17, 15) is 18.0 Å². The van der Waals surface area contributed by atoms with Crippen molar-refractivity contribution in [2.24, 2.45) is 0 Å². The van der Waals surface area contributed by atoms with Gasteiger partial charge >= 0.3 is 12.1 Å². The Bertz CT molecular complexity index is 478. The zero-order valence-corrected chi connectivity index (χ0v) is 10.2. The second kappa shape index (κ2) is 6.26. The van der Waals surface area contributed by atoms with E-state index in [4.69, 9.17) is 9.84 Å². The lowest BCUT2D eigenvalue weighted by Gasteiger charge is -2.09. The van der Waals surface area contributed by atoms with Crippen molar-refractivity contribution < 1.29 is 27.8 Å². The molecule has 104 valence electrons. The van der Waals surface area contributed by atoms with Crippen molar-refractivity contribution in [3.8, 4) is 5.75 Å². The fourth-order valence-corrected chi connectivity index (χ4v) is 1.38. The summed E-state index contributed by atoms with van der Waals surface area (Å²) in [4.78, 5) is 10.7. The van der Waals surface area contributed by atoms with Crippen molar-refractivity contribution in [1.82, 2.24) is 0 Å². The van der Waals surface area contributed by atoms with Crippen LogP contribution in [0.5, 0.6) is 5.75 Å². The lowest BCUT2D eigenvalue weighted by molar-refractivity contribution is -0.137. The van der Waals surface area contributed by atoms with Gasteiger partial charge in [0.15, 0.2) is 0 Å². The molecule has 0 atom stereocenters. The Hall–Kier alpha value is -1.98. The number of carbonyl (C=O) groups is 1. The van der Waals surface area contributed by atoms with Gasteiger partial charge < -0.3 is 9.84 Å². The van der Waals surface area contributed by atoms with Gasteiger partial charge in [0.2, 0.25) is 0 Å². The first-order chi connectivity index (χ1) is 8.84. The molecule has 0 fully saturated rings. The van der Waals surface area contributed by atoms with E-state index < -0.39 is 17.7 Å². The van der Waals surface area contributed by atoms with Gasteiger partial charge in [0, 0.05) is 5.57 Å². The fourth-order valence-electron chi connectivity index (χ4n) is 1.38. The topological polar surface area (TPSA) is 46.5 Å². The summed E-state index contributed by atoms with van der Waals surface area (Å²) < 4.78 is 42.4. The number of carboxylic acids is 1. The van der Waals surface area contributed by atoms with Crippen LogP contribution in [0.25, 0.3) is 0 Å². The highest BCUT2D eigenvalue weighted by Gasteiger charge is 2.30. The summed E-state index contributed by atoms with van der Waals surface area (Å²) in [5.41, 5.74) is -0.644. The van der Waals surface area contributed by atoms with Crippen LogP contribution in [0.15, 0.2) is 35.9 Å². The normalized spacial score (nSPS) is 12.3. The minimum Gasteiger partial charge on any atom is -0.490 e. The number of aliphatic carboxylic acids is 1. The lowest BCUT2D eigenvalue weighted by Crippen LogP contribution is -2.06. The van der Waals surface area contributed by atoms with Gasteiger partial charge in [-0.15, -0.1) is 0 Å². The summed E-state index contributed by atoms with van der Waals surface area (Å²) in [5.74, 6) is -1.01. The van der Waals surface area contributed by atoms with Gasteiger partial charge in [0.25, 0.3) is 0 Å². The number of benzene rings is 1. The molecule has 0 heterocycles. The van der Waals surface area contributed by atoms with Crippen molar-refractivity contribution >= 4 is 5.97 Å². The Kier molecular flexibility index (Phi) is 4.97. The fraction of sp³-hybridized carbons (Fsp3) is 0.308. The Labute approximate surface area is 108 Å². The van der Waals surface area contributed by atoms with Crippen LogP contribution in [-0.2, 0) is 11.0 Å². The summed E-state index contributed by atoms with van der Waals surface area (Å²) in [6.07, 6.45) is -2.77. The van der Waals surface area contributed by atoms with Gasteiger partial charge in [0.05, 0.1) is 5.56 Å². The molecule has 0 saturated heterocycles. The van der Waals surface area contributed by atoms with E-state index in [1.165, 1.54) is 18.2 Å². The molecule has 0 aliphatic carbocycles. The van der Waals surface area contributed by atoms with E-state index in [-0.39, 0.29) is 17.9 Å². The molecule has 0 radical (unpaired) electrons. The van der Waals surface area contributed by atoms with Crippen LogP contribution < -0.4 is 4.74 Å². The molecule has 19 heavy (non-hydrogen) atoms. The van der Waals surface area contributed by atoms with Crippen LogP contribution >= 0.6 is 0 Å². The van der Waals surface area contributed by atoms with Crippen LogP contribution in [0.3, 0.4) is 0 Å². The van der Waals surface area contributed by atoms with Crippen molar-refractivity contribution in [2.45, 2.75) is 19.5 Å². The molecule has 3 nitrogen and oxygen atoms in total. The summed E-state index contributed by atoms with van der Waals surface area (Å²) in [7, 11) is 0. The first-order valence-electron chi connectivity index (χ1n) is 5.57. The van der Waals surface area contributed by atoms with E-state index >= 15 is 0 Å². The Morgan fingerprint density at radius 1 is 1.42 bits per heavy atom. The molecular weight excluding hydrogens is 261 g/mol. The molecule has 1 N–H and O–H groups in total. The van der Waals surface area contributed by atoms with E-state index in [2.05, 4.69) is 0 Å². The number of halogens is 3. The third-order valence-electron chi connectivity index (χ3n) is 2.40. The Morgan fingerprint density at radius 2 is 2.11 bits per heavy atom. The average molecular weight is 274 g/mol. The number of rotatable bonds is 5. The number of ether oxygens (including phenoxy) is 1. The molecule has 0 aliphatic rings. The van der Waals surface area contributed by atoms with E-state index in [1.54, 1.807) is 6.92 Å². The van der Waals surface area contributed by atoms with Gasteiger partial charge in [-0.1, -0.05) is 13.0 Å². The first kappa shape index (κ1) is 15.1. The lowest BCUT2D eigenvalue weighted by atomic mass is 10.2. The van der Waals surface area contributed by atoms with Crippen molar-refractivity contribution in [3.05, 3.63) is 41.5 Å². The number of hydrogen-bond donors (Lipinski definition) is 1. The predicted octanol–water partition coefficient (Wildman–Crippen LogP) is 3.51. The minimum atomic E-state index is -4.43. The van der Waals surface area contributed by atoms with Crippen LogP contribution in [0.2, 0.25) is 0 Å². The molecule has 0 aromatic heterocycles. The standard InChI is InChI=1S/C13H13F3O3/c1-2-9(12(17)18)6-7-19-11-5-3-4-10(8-11)13(14,15)16/h3-6,8H,2,7H2,1H3,(H,17,18). The van der Waals surface area contributed by atoms with Gasteiger partial charge in [-0.2, -0.15) is 13.2 Å². The zero-order valence-electron chi connectivity index (χ0n) is 10.2. The zero-order chi connectivity index (χ0) is 14.5. The number of hydrogen-bond acceptors (Lipinski definition) is 2. The molecule has 1 aromatic carbocycles. The molecule has 0 saturated carbocycles. The van der Waals surface area contributed by atoms with Crippen LogP contribution in [0.1, 0.15) is 18.9 Å². The average Bonchev–Trinajstić information content (AvgIpc) is 2.33. The quantitative estimate of drug-likeness (QED) is 0.836. The van der Waals surface area contributed by atoms with E-state index in [1.807, 2.05) is 0 Å².